The Balaban J connectivity index is 2.10. The van der Waals surface area contributed by atoms with E-state index in [0.717, 1.165) is 32.4 Å². The van der Waals surface area contributed by atoms with Crippen LogP contribution in [0.15, 0.2) is 4.42 Å². The zero-order valence-corrected chi connectivity index (χ0v) is 11.3. The van der Waals surface area contributed by atoms with Crippen LogP contribution in [0.25, 0.3) is 0 Å². The molecular weight excluding hydrogens is 234 g/mol. The fourth-order valence-corrected chi connectivity index (χ4v) is 1.42. The molecule has 1 aromatic rings. The smallest absolute Gasteiger partial charge is 0.242 e. The summed E-state index contributed by atoms with van der Waals surface area (Å²) in [5.41, 5.74) is 0. The lowest BCUT2D eigenvalue weighted by Gasteiger charge is -2.00. The summed E-state index contributed by atoms with van der Waals surface area (Å²) in [5.74, 6) is 1.21. The van der Waals surface area contributed by atoms with E-state index in [9.17, 15) is 0 Å². The molecule has 0 fully saturated rings. The average Bonchev–Trinajstić information content (AvgIpc) is 2.82. The molecule has 0 saturated heterocycles. The maximum atomic E-state index is 5.45. The van der Waals surface area contributed by atoms with Gasteiger partial charge in [0.2, 0.25) is 11.8 Å². The predicted octanol–water partition coefficient (Wildman–Crippen LogP) is 1.16. The molecule has 1 N–H and O–H groups in total. The summed E-state index contributed by atoms with van der Waals surface area (Å²) in [5, 5.41) is 11.2. The lowest BCUT2D eigenvalue weighted by atomic mass is 10.3. The summed E-state index contributed by atoms with van der Waals surface area (Å²) in [4.78, 5) is 0. The number of rotatable bonds is 11. The lowest BCUT2D eigenvalue weighted by molar-refractivity contribution is 0.0513. The van der Waals surface area contributed by atoms with Crippen LogP contribution in [0.2, 0.25) is 0 Å². The molecule has 18 heavy (non-hydrogen) atoms. The van der Waals surface area contributed by atoms with E-state index in [1.807, 2.05) is 0 Å². The van der Waals surface area contributed by atoms with Crippen molar-refractivity contribution >= 4 is 0 Å². The van der Waals surface area contributed by atoms with E-state index >= 15 is 0 Å². The number of nitrogens with zero attached hydrogens (tertiary/aromatic N) is 2. The number of aromatic nitrogens is 2. The minimum atomic E-state index is 0.352. The molecule has 0 amide bonds. The van der Waals surface area contributed by atoms with Gasteiger partial charge in [-0.05, 0) is 25.9 Å². The van der Waals surface area contributed by atoms with Gasteiger partial charge in [0.05, 0.1) is 13.2 Å². The maximum absolute atomic E-state index is 5.45. The van der Waals surface area contributed by atoms with E-state index in [1.165, 1.54) is 0 Å². The fraction of sp³-hybridized carbons (Fsp3) is 0.833. The number of hydrogen-bond acceptors (Lipinski definition) is 6. The van der Waals surface area contributed by atoms with Gasteiger partial charge >= 0.3 is 0 Å². The van der Waals surface area contributed by atoms with Crippen molar-refractivity contribution < 1.29 is 13.9 Å². The fourth-order valence-electron chi connectivity index (χ4n) is 1.42. The number of ether oxygens (including phenoxy) is 2. The molecule has 104 valence electrons. The molecule has 0 aliphatic rings. The van der Waals surface area contributed by atoms with Crippen LogP contribution in [0.4, 0.5) is 0 Å². The van der Waals surface area contributed by atoms with Gasteiger partial charge in [0.1, 0.15) is 6.61 Å². The molecule has 0 unspecified atom stereocenters. The largest absolute Gasteiger partial charge is 0.423 e. The molecule has 0 spiro atoms. The SMILES string of the molecule is CCCNCCCc1nnc(COCCOC)o1. The topological polar surface area (TPSA) is 69.4 Å². The first kappa shape index (κ1) is 15.1. The predicted molar refractivity (Wildman–Crippen MR) is 67.3 cm³/mol. The Morgan fingerprint density at radius 1 is 1.17 bits per heavy atom. The highest BCUT2D eigenvalue weighted by Crippen LogP contribution is 2.03. The summed E-state index contributed by atoms with van der Waals surface area (Å²) >= 11 is 0. The zero-order chi connectivity index (χ0) is 13.1. The van der Waals surface area contributed by atoms with Gasteiger partial charge in [0.15, 0.2) is 0 Å². The van der Waals surface area contributed by atoms with Crippen LogP contribution in [0.3, 0.4) is 0 Å². The average molecular weight is 257 g/mol. The molecule has 1 heterocycles. The quantitative estimate of drug-likeness (QED) is 0.600. The van der Waals surface area contributed by atoms with Crippen LogP contribution in [0.5, 0.6) is 0 Å². The summed E-state index contributed by atoms with van der Waals surface area (Å²) in [7, 11) is 1.64. The number of aryl methyl sites for hydroxylation is 1. The molecule has 0 bridgehead atoms. The monoisotopic (exact) mass is 257 g/mol. The Hall–Kier alpha value is -0.980. The molecule has 0 atom stereocenters. The van der Waals surface area contributed by atoms with Crippen molar-refractivity contribution in [1.82, 2.24) is 15.5 Å². The molecule has 6 nitrogen and oxygen atoms in total. The van der Waals surface area contributed by atoms with Crippen molar-refractivity contribution in [2.24, 2.45) is 0 Å². The normalized spacial score (nSPS) is 11.0. The molecule has 0 aliphatic heterocycles. The summed E-state index contributed by atoms with van der Waals surface area (Å²) in [6.45, 7) is 5.66. The van der Waals surface area contributed by atoms with Crippen LogP contribution in [-0.2, 0) is 22.5 Å². The zero-order valence-electron chi connectivity index (χ0n) is 11.3. The first-order chi connectivity index (χ1) is 8.86. The highest BCUT2D eigenvalue weighted by atomic mass is 16.5. The minimum Gasteiger partial charge on any atom is -0.423 e. The van der Waals surface area contributed by atoms with E-state index in [1.54, 1.807) is 7.11 Å². The van der Waals surface area contributed by atoms with E-state index in [0.29, 0.717) is 31.6 Å². The summed E-state index contributed by atoms with van der Waals surface area (Å²) in [6, 6.07) is 0. The van der Waals surface area contributed by atoms with Crippen molar-refractivity contribution in [2.75, 3.05) is 33.4 Å². The molecular formula is C12H23N3O3. The number of hydrogen-bond donors (Lipinski definition) is 1. The first-order valence-electron chi connectivity index (χ1n) is 6.45. The van der Waals surface area contributed by atoms with Gasteiger partial charge in [-0.2, -0.15) is 0 Å². The Labute approximate surface area is 108 Å². The van der Waals surface area contributed by atoms with Crippen molar-refractivity contribution in [3.8, 4) is 0 Å². The van der Waals surface area contributed by atoms with E-state index in [2.05, 4.69) is 22.4 Å². The van der Waals surface area contributed by atoms with Gasteiger partial charge in [0.25, 0.3) is 0 Å². The van der Waals surface area contributed by atoms with Crippen LogP contribution >= 0.6 is 0 Å². The third-order valence-corrected chi connectivity index (χ3v) is 2.34. The van der Waals surface area contributed by atoms with Crippen molar-refractivity contribution in [3.63, 3.8) is 0 Å². The van der Waals surface area contributed by atoms with Crippen LogP contribution < -0.4 is 5.32 Å². The second kappa shape index (κ2) is 9.99. The highest BCUT2D eigenvalue weighted by Gasteiger charge is 2.05. The van der Waals surface area contributed by atoms with Gasteiger partial charge in [-0.25, -0.2) is 0 Å². The Kier molecular flexibility index (Phi) is 8.37. The molecule has 1 aromatic heterocycles. The lowest BCUT2D eigenvalue weighted by Crippen LogP contribution is -2.16. The van der Waals surface area contributed by atoms with E-state index < -0.39 is 0 Å². The molecule has 6 heteroatoms. The molecule has 0 saturated carbocycles. The van der Waals surface area contributed by atoms with Gasteiger partial charge in [0, 0.05) is 13.5 Å². The Morgan fingerprint density at radius 3 is 2.78 bits per heavy atom. The highest BCUT2D eigenvalue weighted by molar-refractivity contribution is 4.80. The van der Waals surface area contributed by atoms with Crippen LogP contribution in [-0.4, -0.2) is 43.6 Å². The third kappa shape index (κ3) is 6.68. The Morgan fingerprint density at radius 2 is 2.00 bits per heavy atom. The standard InChI is InChI=1S/C12H23N3O3/c1-3-6-13-7-4-5-11-14-15-12(18-11)10-17-9-8-16-2/h13H,3-10H2,1-2H3. The van der Waals surface area contributed by atoms with Gasteiger partial charge in [-0.1, -0.05) is 6.92 Å². The van der Waals surface area contributed by atoms with Crippen molar-refractivity contribution in [1.29, 1.82) is 0 Å². The van der Waals surface area contributed by atoms with E-state index in [4.69, 9.17) is 13.9 Å². The van der Waals surface area contributed by atoms with Crippen LogP contribution in [0.1, 0.15) is 31.5 Å². The third-order valence-electron chi connectivity index (χ3n) is 2.34. The Bertz CT molecular complexity index is 305. The summed E-state index contributed by atoms with van der Waals surface area (Å²) in [6.07, 6.45) is 2.97. The number of nitrogens with one attached hydrogen (secondary N) is 1. The van der Waals surface area contributed by atoms with E-state index in [-0.39, 0.29) is 0 Å². The molecule has 1 rings (SSSR count). The van der Waals surface area contributed by atoms with Crippen LogP contribution in [0, 0.1) is 0 Å². The molecule has 0 aliphatic carbocycles. The minimum absolute atomic E-state index is 0.352. The summed E-state index contributed by atoms with van der Waals surface area (Å²) < 4.78 is 15.6. The first-order valence-corrected chi connectivity index (χ1v) is 6.45. The van der Waals surface area contributed by atoms with Crippen molar-refractivity contribution in [3.05, 3.63) is 11.8 Å². The van der Waals surface area contributed by atoms with Crippen molar-refractivity contribution in [2.45, 2.75) is 32.8 Å². The van der Waals surface area contributed by atoms with Gasteiger partial charge in [-0.3, -0.25) is 0 Å². The number of methoxy groups -OCH3 is 1. The van der Waals surface area contributed by atoms with Gasteiger partial charge in [-0.15, -0.1) is 10.2 Å². The van der Waals surface area contributed by atoms with Gasteiger partial charge < -0.3 is 19.2 Å². The second-order valence-corrected chi connectivity index (χ2v) is 3.99. The molecule has 0 aromatic carbocycles. The molecule has 0 radical (unpaired) electrons. The second-order valence-electron chi connectivity index (χ2n) is 3.99. The maximum Gasteiger partial charge on any atom is 0.242 e.